The Morgan fingerprint density at radius 2 is 1.92 bits per heavy atom. The standard InChI is InChI=1S/C10H12O2/c1-6-4-5-9-10(7(6)2)12-8(3)11-9/h4-5,8H,1-3H3. The molecule has 1 aromatic rings. The normalized spacial score (nSPS) is 19.8. The third-order valence-electron chi connectivity index (χ3n) is 2.22. The summed E-state index contributed by atoms with van der Waals surface area (Å²) < 4.78 is 10.9. The Bertz CT molecular complexity index is 318. The van der Waals surface area contributed by atoms with E-state index >= 15 is 0 Å². The highest BCUT2D eigenvalue weighted by atomic mass is 16.7. The van der Waals surface area contributed by atoms with Crippen LogP contribution < -0.4 is 9.47 Å². The van der Waals surface area contributed by atoms with Crippen LogP contribution in [0.4, 0.5) is 0 Å². The molecule has 1 heterocycles. The van der Waals surface area contributed by atoms with Gasteiger partial charge < -0.3 is 9.47 Å². The summed E-state index contributed by atoms with van der Waals surface area (Å²) in [7, 11) is 0. The van der Waals surface area contributed by atoms with Crippen LogP contribution in [-0.4, -0.2) is 6.29 Å². The van der Waals surface area contributed by atoms with Gasteiger partial charge in [0.15, 0.2) is 11.5 Å². The molecular formula is C10H12O2. The molecule has 12 heavy (non-hydrogen) atoms. The maximum atomic E-state index is 5.50. The first-order valence-electron chi connectivity index (χ1n) is 4.12. The van der Waals surface area contributed by atoms with Gasteiger partial charge in [-0.1, -0.05) is 6.07 Å². The van der Waals surface area contributed by atoms with Gasteiger partial charge in [0.05, 0.1) is 0 Å². The molecule has 2 heteroatoms. The largest absolute Gasteiger partial charge is 0.451 e. The van der Waals surface area contributed by atoms with E-state index in [0.29, 0.717) is 0 Å². The maximum absolute atomic E-state index is 5.50. The first-order chi connectivity index (χ1) is 5.68. The fraction of sp³-hybridized carbons (Fsp3) is 0.400. The molecule has 2 rings (SSSR count). The fourth-order valence-corrected chi connectivity index (χ4v) is 1.37. The highest BCUT2D eigenvalue weighted by Gasteiger charge is 2.22. The zero-order valence-electron chi connectivity index (χ0n) is 7.55. The van der Waals surface area contributed by atoms with Crippen LogP contribution in [-0.2, 0) is 0 Å². The lowest BCUT2D eigenvalue weighted by Gasteiger charge is -2.03. The topological polar surface area (TPSA) is 18.5 Å². The average molecular weight is 164 g/mol. The summed E-state index contributed by atoms with van der Waals surface area (Å²) in [6, 6.07) is 4.01. The molecule has 0 spiro atoms. The van der Waals surface area contributed by atoms with Crippen molar-refractivity contribution in [1.29, 1.82) is 0 Å². The molecule has 0 saturated heterocycles. The van der Waals surface area contributed by atoms with Crippen molar-refractivity contribution in [3.8, 4) is 11.5 Å². The zero-order valence-corrected chi connectivity index (χ0v) is 7.55. The SMILES string of the molecule is Cc1ccc2c(c1C)OC(C)O2. The van der Waals surface area contributed by atoms with Crippen molar-refractivity contribution >= 4 is 0 Å². The molecule has 0 fully saturated rings. The molecule has 0 amide bonds. The number of benzene rings is 1. The van der Waals surface area contributed by atoms with Crippen molar-refractivity contribution in [3.63, 3.8) is 0 Å². The highest BCUT2D eigenvalue weighted by Crippen LogP contribution is 2.38. The minimum absolute atomic E-state index is 0.138. The number of aryl methyl sites for hydroxylation is 1. The van der Waals surface area contributed by atoms with Gasteiger partial charge in [0.25, 0.3) is 0 Å². The van der Waals surface area contributed by atoms with E-state index in [1.165, 1.54) is 11.1 Å². The lowest BCUT2D eigenvalue weighted by atomic mass is 10.1. The second-order valence-electron chi connectivity index (χ2n) is 3.14. The number of hydrogen-bond acceptors (Lipinski definition) is 2. The summed E-state index contributed by atoms with van der Waals surface area (Å²) in [5.41, 5.74) is 2.42. The van der Waals surface area contributed by atoms with E-state index in [9.17, 15) is 0 Å². The predicted octanol–water partition coefficient (Wildman–Crippen LogP) is 2.42. The molecule has 1 aliphatic rings. The van der Waals surface area contributed by atoms with Gasteiger partial charge in [-0.2, -0.15) is 0 Å². The Kier molecular flexibility index (Phi) is 1.50. The Morgan fingerprint density at radius 1 is 1.17 bits per heavy atom. The minimum Gasteiger partial charge on any atom is -0.451 e. The third-order valence-corrected chi connectivity index (χ3v) is 2.22. The Labute approximate surface area is 72.1 Å². The van der Waals surface area contributed by atoms with Crippen molar-refractivity contribution in [3.05, 3.63) is 23.3 Å². The van der Waals surface area contributed by atoms with Gasteiger partial charge >= 0.3 is 0 Å². The molecule has 0 N–H and O–H groups in total. The lowest BCUT2D eigenvalue weighted by Crippen LogP contribution is -2.11. The van der Waals surface area contributed by atoms with Crippen molar-refractivity contribution in [1.82, 2.24) is 0 Å². The minimum atomic E-state index is -0.138. The van der Waals surface area contributed by atoms with Crippen molar-refractivity contribution < 1.29 is 9.47 Å². The smallest absolute Gasteiger partial charge is 0.238 e. The van der Waals surface area contributed by atoms with E-state index in [-0.39, 0.29) is 6.29 Å². The van der Waals surface area contributed by atoms with Gasteiger partial charge in [-0.15, -0.1) is 0 Å². The molecule has 1 aromatic carbocycles. The van der Waals surface area contributed by atoms with Crippen LogP contribution in [0.25, 0.3) is 0 Å². The maximum Gasteiger partial charge on any atom is 0.238 e. The molecule has 1 atom stereocenters. The first kappa shape index (κ1) is 7.47. The number of hydrogen-bond donors (Lipinski definition) is 0. The molecular weight excluding hydrogens is 152 g/mol. The number of fused-ring (bicyclic) bond motifs is 1. The predicted molar refractivity (Wildman–Crippen MR) is 46.6 cm³/mol. The summed E-state index contributed by atoms with van der Waals surface area (Å²) in [6.07, 6.45) is -0.138. The van der Waals surface area contributed by atoms with E-state index in [1.807, 2.05) is 13.0 Å². The van der Waals surface area contributed by atoms with Crippen molar-refractivity contribution in [2.24, 2.45) is 0 Å². The zero-order chi connectivity index (χ0) is 8.72. The Hall–Kier alpha value is -1.18. The molecule has 0 aromatic heterocycles. The van der Waals surface area contributed by atoms with Crippen molar-refractivity contribution in [2.75, 3.05) is 0 Å². The number of ether oxygens (including phenoxy) is 2. The molecule has 0 aliphatic carbocycles. The van der Waals surface area contributed by atoms with Crippen LogP contribution in [0.5, 0.6) is 11.5 Å². The monoisotopic (exact) mass is 164 g/mol. The van der Waals surface area contributed by atoms with Crippen LogP contribution >= 0.6 is 0 Å². The van der Waals surface area contributed by atoms with Gasteiger partial charge in [0.2, 0.25) is 6.29 Å². The summed E-state index contributed by atoms with van der Waals surface area (Å²) in [5, 5.41) is 0. The van der Waals surface area contributed by atoms with Gasteiger partial charge in [0, 0.05) is 6.92 Å². The molecule has 64 valence electrons. The van der Waals surface area contributed by atoms with Crippen molar-refractivity contribution in [2.45, 2.75) is 27.1 Å². The molecule has 1 unspecified atom stereocenters. The third kappa shape index (κ3) is 0.951. The summed E-state index contributed by atoms with van der Waals surface area (Å²) in [5.74, 6) is 1.77. The van der Waals surface area contributed by atoms with Crippen LogP contribution in [0.2, 0.25) is 0 Å². The van der Waals surface area contributed by atoms with Gasteiger partial charge in [-0.05, 0) is 31.0 Å². The Balaban J connectivity index is 2.54. The van der Waals surface area contributed by atoms with E-state index in [2.05, 4.69) is 19.9 Å². The second kappa shape index (κ2) is 2.41. The summed E-state index contributed by atoms with van der Waals surface area (Å²) in [6.45, 7) is 6.02. The molecule has 0 saturated carbocycles. The van der Waals surface area contributed by atoms with E-state index in [0.717, 1.165) is 11.5 Å². The summed E-state index contributed by atoms with van der Waals surface area (Å²) in [4.78, 5) is 0. The molecule has 0 radical (unpaired) electrons. The summed E-state index contributed by atoms with van der Waals surface area (Å²) >= 11 is 0. The second-order valence-corrected chi connectivity index (χ2v) is 3.14. The van der Waals surface area contributed by atoms with E-state index in [1.54, 1.807) is 0 Å². The Morgan fingerprint density at radius 3 is 2.67 bits per heavy atom. The van der Waals surface area contributed by atoms with Gasteiger partial charge in [0.1, 0.15) is 0 Å². The van der Waals surface area contributed by atoms with Crippen LogP contribution in [0, 0.1) is 13.8 Å². The quantitative estimate of drug-likeness (QED) is 0.586. The molecule has 1 aliphatic heterocycles. The highest BCUT2D eigenvalue weighted by molar-refractivity contribution is 5.51. The van der Waals surface area contributed by atoms with Crippen LogP contribution in [0.3, 0.4) is 0 Å². The van der Waals surface area contributed by atoms with Gasteiger partial charge in [-0.25, -0.2) is 0 Å². The average Bonchev–Trinajstić information content (AvgIpc) is 2.39. The molecule has 2 nitrogen and oxygen atoms in total. The van der Waals surface area contributed by atoms with Crippen LogP contribution in [0.15, 0.2) is 12.1 Å². The van der Waals surface area contributed by atoms with Crippen LogP contribution in [0.1, 0.15) is 18.1 Å². The number of rotatable bonds is 0. The fourth-order valence-electron chi connectivity index (χ4n) is 1.37. The molecule has 0 bridgehead atoms. The van der Waals surface area contributed by atoms with E-state index in [4.69, 9.17) is 9.47 Å². The van der Waals surface area contributed by atoms with Gasteiger partial charge in [-0.3, -0.25) is 0 Å². The van der Waals surface area contributed by atoms with E-state index < -0.39 is 0 Å². The lowest BCUT2D eigenvalue weighted by molar-refractivity contribution is 0.0675. The first-order valence-corrected chi connectivity index (χ1v) is 4.12.